The average molecular weight is 220 g/mol. The zero-order valence-corrected chi connectivity index (χ0v) is 7.87. The molecule has 0 aliphatic carbocycles. The number of alkyl halides is 4. The van der Waals surface area contributed by atoms with Crippen molar-refractivity contribution in [3.05, 3.63) is 0 Å². The van der Waals surface area contributed by atoms with Crippen molar-refractivity contribution >= 4 is 12.6 Å². The molecule has 0 saturated carbocycles. The van der Waals surface area contributed by atoms with Gasteiger partial charge in [0.2, 0.25) is 0 Å². The minimum Gasteiger partial charge on any atom is -0.375 e. The highest BCUT2D eigenvalue weighted by Gasteiger charge is 2.40. The van der Waals surface area contributed by atoms with Gasteiger partial charge in [-0.1, -0.05) is 0 Å². The molecule has 0 aliphatic rings. The maximum absolute atomic E-state index is 12.2. The first kappa shape index (κ1) is 13.0. The van der Waals surface area contributed by atoms with E-state index >= 15 is 0 Å². The molecule has 0 radical (unpaired) electrons. The minimum absolute atomic E-state index is 0.0723. The first-order valence-corrected chi connectivity index (χ1v) is 4.48. The minimum atomic E-state index is -4.03. The molecule has 0 aromatic carbocycles. The van der Waals surface area contributed by atoms with Crippen molar-refractivity contribution in [3.63, 3.8) is 0 Å². The van der Waals surface area contributed by atoms with Crippen LogP contribution in [0.4, 0.5) is 17.6 Å². The van der Waals surface area contributed by atoms with Crippen LogP contribution in [0.25, 0.3) is 0 Å². The fourth-order valence-corrected chi connectivity index (χ4v) is 0.811. The number of hydrogen-bond donors (Lipinski definition) is 1. The van der Waals surface area contributed by atoms with Crippen LogP contribution in [-0.4, -0.2) is 31.3 Å². The lowest BCUT2D eigenvalue weighted by Crippen LogP contribution is -2.32. The molecule has 0 spiro atoms. The largest absolute Gasteiger partial charge is 0.375 e. The predicted octanol–water partition coefficient (Wildman–Crippen LogP) is 2.61. The van der Waals surface area contributed by atoms with Gasteiger partial charge >= 0.3 is 12.3 Å². The molecule has 0 fully saturated rings. The second-order valence-electron chi connectivity index (χ2n) is 2.55. The lowest BCUT2D eigenvalue weighted by molar-refractivity contribution is -0.165. The van der Waals surface area contributed by atoms with E-state index in [1.165, 1.54) is 0 Å². The zero-order chi connectivity index (χ0) is 10.3. The molecular formula is C7H12F4OS. The Hall–Kier alpha value is 0.0300. The maximum Gasteiger partial charge on any atom is 0.330 e. The SMILES string of the molecule is FC(F)C(F)(F)COCCCCS. The molecule has 0 unspecified atom stereocenters. The molecular weight excluding hydrogens is 208 g/mol. The molecule has 13 heavy (non-hydrogen) atoms. The molecule has 0 aromatic heterocycles. The summed E-state index contributed by atoms with van der Waals surface area (Å²) in [7, 11) is 0. The van der Waals surface area contributed by atoms with Crippen LogP contribution >= 0.6 is 12.6 Å². The summed E-state index contributed by atoms with van der Waals surface area (Å²) in [6.45, 7) is -1.14. The van der Waals surface area contributed by atoms with Crippen LogP contribution in [0.1, 0.15) is 12.8 Å². The molecule has 0 N–H and O–H groups in total. The van der Waals surface area contributed by atoms with E-state index in [1.807, 2.05) is 0 Å². The fourth-order valence-electron chi connectivity index (χ4n) is 0.587. The van der Waals surface area contributed by atoms with Gasteiger partial charge in [-0.3, -0.25) is 0 Å². The third kappa shape index (κ3) is 6.15. The molecule has 80 valence electrons. The van der Waals surface area contributed by atoms with Gasteiger partial charge in [0.25, 0.3) is 0 Å². The van der Waals surface area contributed by atoms with Crippen LogP contribution in [0.3, 0.4) is 0 Å². The van der Waals surface area contributed by atoms with Crippen molar-refractivity contribution < 1.29 is 22.3 Å². The topological polar surface area (TPSA) is 9.23 Å². The van der Waals surface area contributed by atoms with Gasteiger partial charge in [-0.05, 0) is 18.6 Å². The standard InChI is InChI=1S/C7H12F4OS/c8-6(9)7(10,11)5-12-3-1-2-4-13/h6,13H,1-5H2. The lowest BCUT2D eigenvalue weighted by atomic mass is 10.3. The van der Waals surface area contributed by atoms with Crippen LogP contribution in [0.15, 0.2) is 0 Å². The fraction of sp³-hybridized carbons (Fsp3) is 1.00. The zero-order valence-electron chi connectivity index (χ0n) is 6.98. The van der Waals surface area contributed by atoms with Crippen molar-refractivity contribution in [2.75, 3.05) is 19.0 Å². The highest BCUT2D eigenvalue weighted by molar-refractivity contribution is 7.80. The first-order valence-electron chi connectivity index (χ1n) is 3.85. The number of halogens is 4. The normalized spacial score (nSPS) is 12.5. The summed E-state index contributed by atoms with van der Waals surface area (Å²) in [6.07, 6.45) is -2.37. The second kappa shape index (κ2) is 6.48. The maximum atomic E-state index is 12.2. The number of unbranched alkanes of at least 4 members (excludes halogenated alkanes) is 1. The average Bonchev–Trinajstić information content (AvgIpc) is 2.03. The van der Waals surface area contributed by atoms with Crippen molar-refractivity contribution in [1.82, 2.24) is 0 Å². The summed E-state index contributed by atoms with van der Waals surface area (Å²) < 4.78 is 51.8. The van der Waals surface area contributed by atoms with Gasteiger partial charge < -0.3 is 4.74 Å². The van der Waals surface area contributed by atoms with Crippen molar-refractivity contribution in [1.29, 1.82) is 0 Å². The van der Waals surface area contributed by atoms with E-state index in [0.717, 1.165) is 6.42 Å². The van der Waals surface area contributed by atoms with E-state index in [0.29, 0.717) is 12.2 Å². The highest BCUT2D eigenvalue weighted by Crippen LogP contribution is 2.22. The van der Waals surface area contributed by atoms with Crippen LogP contribution in [0.2, 0.25) is 0 Å². The van der Waals surface area contributed by atoms with E-state index < -0.39 is 19.0 Å². The van der Waals surface area contributed by atoms with Gasteiger partial charge in [0.05, 0.1) is 0 Å². The predicted molar refractivity (Wildman–Crippen MR) is 44.9 cm³/mol. The van der Waals surface area contributed by atoms with Crippen LogP contribution in [-0.2, 0) is 4.74 Å². The number of ether oxygens (including phenoxy) is 1. The van der Waals surface area contributed by atoms with Gasteiger partial charge in [0.15, 0.2) is 0 Å². The monoisotopic (exact) mass is 220 g/mol. The Morgan fingerprint density at radius 2 is 1.85 bits per heavy atom. The molecule has 0 rings (SSSR count). The Morgan fingerprint density at radius 1 is 1.23 bits per heavy atom. The van der Waals surface area contributed by atoms with Crippen LogP contribution in [0, 0.1) is 0 Å². The van der Waals surface area contributed by atoms with E-state index in [1.54, 1.807) is 0 Å². The third-order valence-corrected chi connectivity index (χ3v) is 1.63. The Balaban J connectivity index is 3.41. The Kier molecular flexibility index (Phi) is 6.49. The molecule has 0 aromatic rings. The second-order valence-corrected chi connectivity index (χ2v) is 2.99. The van der Waals surface area contributed by atoms with Gasteiger partial charge in [-0.2, -0.15) is 21.4 Å². The van der Waals surface area contributed by atoms with Crippen LogP contribution in [0.5, 0.6) is 0 Å². The molecule has 0 atom stereocenters. The summed E-state index contributed by atoms with van der Waals surface area (Å²) in [5, 5.41) is 0. The van der Waals surface area contributed by atoms with E-state index in [4.69, 9.17) is 0 Å². The summed E-state index contributed by atoms with van der Waals surface area (Å²) in [5.74, 6) is -3.39. The summed E-state index contributed by atoms with van der Waals surface area (Å²) >= 11 is 3.89. The van der Waals surface area contributed by atoms with Gasteiger partial charge in [-0.15, -0.1) is 0 Å². The van der Waals surface area contributed by atoms with Crippen molar-refractivity contribution in [2.45, 2.75) is 25.2 Å². The number of thiol groups is 1. The first-order chi connectivity index (χ1) is 6.00. The van der Waals surface area contributed by atoms with E-state index in [-0.39, 0.29) is 6.61 Å². The molecule has 0 amide bonds. The molecule has 0 bridgehead atoms. The highest BCUT2D eigenvalue weighted by atomic mass is 32.1. The molecule has 6 heteroatoms. The van der Waals surface area contributed by atoms with Gasteiger partial charge in [-0.25, -0.2) is 8.78 Å². The van der Waals surface area contributed by atoms with Gasteiger partial charge in [0.1, 0.15) is 6.61 Å². The Morgan fingerprint density at radius 3 is 2.31 bits per heavy atom. The Labute approximate surface area is 79.9 Å². The smallest absolute Gasteiger partial charge is 0.330 e. The molecule has 1 nitrogen and oxygen atoms in total. The van der Waals surface area contributed by atoms with Gasteiger partial charge in [0, 0.05) is 6.61 Å². The van der Waals surface area contributed by atoms with Crippen molar-refractivity contribution in [2.24, 2.45) is 0 Å². The van der Waals surface area contributed by atoms with Crippen molar-refractivity contribution in [3.8, 4) is 0 Å². The third-order valence-electron chi connectivity index (χ3n) is 1.31. The quantitative estimate of drug-likeness (QED) is 0.394. The van der Waals surface area contributed by atoms with Crippen LogP contribution < -0.4 is 0 Å². The summed E-state index contributed by atoms with van der Waals surface area (Å²) in [6, 6.07) is 0. The number of rotatable bonds is 7. The number of hydrogen-bond acceptors (Lipinski definition) is 2. The summed E-state index contributed by atoms with van der Waals surface area (Å²) in [4.78, 5) is 0. The molecule has 0 heterocycles. The van der Waals surface area contributed by atoms with E-state index in [2.05, 4.69) is 17.4 Å². The molecule has 0 aliphatic heterocycles. The van der Waals surface area contributed by atoms with E-state index in [9.17, 15) is 17.6 Å². The lowest BCUT2D eigenvalue weighted by Gasteiger charge is -2.14. The Bertz CT molecular complexity index is 132. The summed E-state index contributed by atoms with van der Waals surface area (Å²) in [5.41, 5.74) is 0. The molecule has 0 saturated heterocycles.